The lowest BCUT2D eigenvalue weighted by atomic mass is 9.96. The lowest BCUT2D eigenvalue weighted by molar-refractivity contribution is 0.589. The zero-order valence-corrected chi connectivity index (χ0v) is 27.5. The molecule has 8 aromatic rings. The van der Waals surface area contributed by atoms with E-state index in [0.29, 0.717) is 0 Å². The van der Waals surface area contributed by atoms with Crippen LogP contribution < -0.4 is 21.2 Å². The molecule has 0 fully saturated rings. The SMILES string of the molecule is CP(=O)(c1ccc2ccccc2c1)c1ccc2cccc(-c3cc(P(C)(=O)c4cccc5ccccc45)c4ccccc4c3)c2c1. The molecule has 8 rings (SSSR count). The van der Waals surface area contributed by atoms with Crippen molar-refractivity contribution in [3.05, 3.63) is 158 Å². The fourth-order valence-electron chi connectivity index (χ4n) is 6.88. The monoisotopic (exact) mass is 630 g/mol. The maximum atomic E-state index is 15.1. The standard InChI is InChI=1S/C42H32O2P2/c1-45(43,35-23-21-29-11-3-4-13-32(29)26-35)36-24-22-31-15-9-19-37(40(31)28-36)34-25-33-14-6-8-18-39(33)42(27-34)46(2,44)41-20-10-16-30-12-5-7-17-38(30)41/h3-28H,1-2H3. The molecule has 0 saturated carbocycles. The average molecular weight is 631 g/mol. The molecule has 0 amide bonds. The van der Waals surface area contributed by atoms with Gasteiger partial charge in [-0.05, 0) is 91.8 Å². The van der Waals surface area contributed by atoms with E-state index in [1.54, 1.807) is 0 Å². The minimum absolute atomic E-state index is 0.820. The summed E-state index contributed by atoms with van der Waals surface area (Å²) in [6.45, 7) is 3.77. The van der Waals surface area contributed by atoms with Crippen LogP contribution in [0.1, 0.15) is 0 Å². The first-order valence-corrected chi connectivity index (χ1v) is 19.8. The van der Waals surface area contributed by atoms with E-state index in [-0.39, 0.29) is 0 Å². The summed E-state index contributed by atoms with van der Waals surface area (Å²) in [5, 5.41) is 11.9. The van der Waals surface area contributed by atoms with Crippen LogP contribution in [0.15, 0.2) is 158 Å². The van der Waals surface area contributed by atoms with E-state index in [1.807, 2.05) is 74.0 Å². The Kier molecular flexibility index (Phi) is 6.84. The Morgan fingerprint density at radius 2 is 0.913 bits per heavy atom. The van der Waals surface area contributed by atoms with Crippen molar-refractivity contribution in [1.29, 1.82) is 0 Å². The van der Waals surface area contributed by atoms with Crippen molar-refractivity contribution in [3.8, 4) is 11.1 Å². The van der Waals surface area contributed by atoms with E-state index in [0.717, 1.165) is 75.4 Å². The molecule has 0 saturated heterocycles. The summed E-state index contributed by atoms with van der Waals surface area (Å²) in [5.41, 5.74) is 2.03. The quantitative estimate of drug-likeness (QED) is 0.178. The molecule has 2 atom stereocenters. The number of benzene rings is 8. The molecule has 0 aliphatic rings. The fourth-order valence-corrected chi connectivity index (χ4v) is 11.0. The van der Waals surface area contributed by atoms with Crippen LogP contribution in [0.25, 0.3) is 54.2 Å². The zero-order chi connectivity index (χ0) is 31.5. The van der Waals surface area contributed by atoms with Gasteiger partial charge in [-0.2, -0.15) is 0 Å². The van der Waals surface area contributed by atoms with Crippen LogP contribution in [0.5, 0.6) is 0 Å². The van der Waals surface area contributed by atoms with Crippen LogP contribution >= 0.6 is 14.3 Å². The van der Waals surface area contributed by atoms with Gasteiger partial charge in [0.2, 0.25) is 0 Å². The fraction of sp³-hybridized carbons (Fsp3) is 0.0476. The lowest BCUT2D eigenvalue weighted by Gasteiger charge is -2.21. The highest BCUT2D eigenvalue weighted by Gasteiger charge is 2.27. The van der Waals surface area contributed by atoms with E-state index >= 15 is 4.57 Å². The highest BCUT2D eigenvalue weighted by molar-refractivity contribution is 7.79. The van der Waals surface area contributed by atoms with E-state index in [9.17, 15) is 4.57 Å². The number of hydrogen-bond acceptors (Lipinski definition) is 2. The van der Waals surface area contributed by atoms with Gasteiger partial charge in [0.1, 0.15) is 14.3 Å². The third kappa shape index (κ3) is 4.73. The first kappa shape index (κ1) is 28.7. The second kappa shape index (κ2) is 11.0. The first-order valence-electron chi connectivity index (χ1n) is 15.5. The second-order valence-electron chi connectivity index (χ2n) is 12.3. The Morgan fingerprint density at radius 3 is 1.67 bits per heavy atom. The highest BCUT2D eigenvalue weighted by Crippen LogP contribution is 2.46. The predicted molar refractivity (Wildman–Crippen MR) is 200 cm³/mol. The number of rotatable bonds is 5. The molecule has 0 N–H and O–H groups in total. The normalized spacial score (nSPS) is 14.4. The molecule has 2 nitrogen and oxygen atoms in total. The summed E-state index contributed by atoms with van der Waals surface area (Å²) >= 11 is 0. The Bertz CT molecular complexity index is 2580. The topological polar surface area (TPSA) is 34.1 Å². The van der Waals surface area contributed by atoms with Gasteiger partial charge in [-0.1, -0.05) is 133 Å². The number of hydrogen-bond donors (Lipinski definition) is 0. The minimum atomic E-state index is -3.04. The highest BCUT2D eigenvalue weighted by atomic mass is 31.2. The van der Waals surface area contributed by atoms with Crippen molar-refractivity contribution in [2.45, 2.75) is 0 Å². The molecule has 0 heterocycles. The van der Waals surface area contributed by atoms with Crippen LogP contribution in [0.4, 0.5) is 0 Å². The van der Waals surface area contributed by atoms with Gasteiger partial charge in [0, 0.05) is 21.2 Å². The Hall–Kier alpha value is -4.74. The van der Waals surface area contributed by atoms with Gasteiger partial charge in [-0.15, -0.1) is 0 Å². The first-order chi connectivity index (χ1) is 22.3. The Morgan fingerprint density at radius 1 is 0.370 bits per heavy atom. The summed E-state index contributed by atoms with van der Waals surface area (Å²) in [7, 11) is -5.94. The molecular formula is C42H32O2P2. The maximum Gasteiger partial charge on any atom is 0.141 e. The zero-order valence-electron chi connectivity index (χ0n) is 25.7. The molecule has 0 radical (unpaired) electrons. The smallest absolute Gasteiger partial charge is 0.141 e. The van der Waals surface area contributed by atoms with Gasteiger partial charge in [0.15, 0.2) is 0 Å². The van der Waals surface area contributed by atoms with Gasteiger partial charge < -0.3 is 9.13 Å². The summed E-state index contributed by atoms with van der Waals surface area (Å²) in [4.78, 5) is 0. The van der Waals surface area contributed by atoms with Crippen LogP contribution in [-0.2, 0) is 9.13 Å². The average Bonchev–Trinajstić information content (AvgIpc) is 3.10. The predicted octanol–water partition coefficient (Wildman–Crippen LogP) is 9.85. The minimum Gasteiger partial charge on any atom is -0.314 e. The van der Waals surface area contributed by atoms with Crippen LogP contribution in [-0.4, -0.2) is 13.3 Å². The van der Waals surface area contributed by atoms with Crippen molar-refractivity contribution in [1.82, 2.24) is 0 Å². The van der Waals surface area contributed by atoms with Gasteiger partial charge >= 0.3 is 0 Å². The largest absolute Gasteiger partial charge is 0.314 e. The molecule has 46 heavy (non-hydrogen) atoms. The molecule has 0 aromatic heterocycles. The molecule has 0 aliphatic carbocycles. The molecule has 0 bridgehead atoms. The van der Waals surface area contributed by atoms with Gasteiger partial charge in [0.05, 0.1) is 0 Å². The van der Waals surface area contributed by atoms with Gasteiger partial charge in [-0.25, -0.2) is 0 Å². The molecule has 0 aliphatic heterocycles. The van der Waals surface area contributed by atoms with Crippen molar-refractivity contribution in [3.63, 3.8) is 0 Å². The lowest BCUT2D eigenvalue weighted by Crippen LogP contribution is -2.17. The van der Waals surface area contributed by atoms with Crippen molar-refractivity contribution < 1.29 is 9.13 Å². The number of fused-ring (bicyclic) bond motifs is 4. The summed E-state index contributed by atoms with van der Waals surface area (Å²) in [6, 6.07) is 53.6. The van der Waals surface area contributed by atoms with Gasteiger partial charge in [-0.3, -0.25) is 0 Å². The Balaban J connectivity index is 1.32. The molecule has 0 spiro atoms. The molecule has 8 aromatic carbocycles. The van der Waals surface area contributed by atoms with Crippen LogP contribution in [0.3, 0.4) is 0 Å². The maximum absolute atomic E-state index is 15.1. The third-order valence-electron chi connectivity index (χ3n) is 9.42. The van der Waals surface area contributed by atoms with Crippen molar-refractivity contribution >= 4 is 78.6 Å². The van der Waals surface area contributed by atoms with Gasteiger partial charge in [0.25, 0.3) is 0 Å². The summed E-state index contributed by atoms with van der Waals surface area (Å²) < 4.78 is 29.6. The molecular weight excluding hydrogens is 598 g/mol. The summed E-state index contributed by atoms with van der Waals surface area (Å²) in [5.74, 6) is 0. The second-order valence-corrected chi connectivity index (χ2v) is 18.0. The Labute approximate surface area is 269 Å². The van der Waals surface area contributed by atoms with Crippen LogP contribution in [0, 0.1) is 0 Å². The van der Waals surface area contributed by atoms with Crippen molar-refractivity contribution in [2.24, 2.45) is 0 Å². The van der Waals surface area contributed by atoms with E-state index in [4.69, 9.17) is 0 Å². The molecule has 4 heteroatoms. The molecule has 222 valence electrons. The van der Waals surface area contributed by atoms with E-state index < -0.39 is 14.3 Å². The van der Waals surface area contributed by atoms with E-state index in [2.05, 4.69) is 97.1 Å². The summed E-state index contributed by atoms with van der Waals surface area (Å²) in [6.07, 6.45) is 0. The van der Waals surface area contributed by atoms with Crippen molar-refractivity contribution in [2.75, 3.05) is 13.3 Å². The third-order valence-corrected chi connectivity index (χ3v) is 14.5. The van der Waals surface area contributed by atoms with E-state index in [1.165, 1.54) is 0 Å². The van der Waals surface area contributed by atoms with Crippen LogP contribution in [0.2, 0.25) is 0 Å². The molecule has 2 unspecified atom stereocenters.